The van der Waals surface area contributed by atoms with Gasteiger partial charge in [0.05, 0.1) is 11.3 Å². The van der Waals surface area contributed by atoms with Crippen LogP contribution in [0.15, 0.2) is 23.1 Å². The van der Waals surface area contributed by atoms with E-state index in [1.54, 1.807) is 4.72 Å². The van der Waals surface area contributed by atoms with Crippen molar-refractivity contribution >= 4 is 21.6 Å². The molecule has 0 radical (unpaired) electrons. The smallest absolute Gasteiger partial charge is 0.382 e. The van der Waals surface area contributed by atoms with E-state index in [2.05, 4.69) is 5.32 Å². The number of aliphatic hydroxyl groups is 1. The highest BCUT2D eigenvalue weighted by Gasteiger charge is 2.38. The first kappa shape index (κ1) is 15.7. The Balaban J connectivity index is 2.14. The van der Waals surface area contributed by atoms with Crippen molar-refractivity contribution in [3.05, 3.63) is 23.8 Å². The molecule has 0 saturated carbocycles. The molecule has 10 heteroatoms. The number of benzene rings is 1. The summed E-state index contributed by atoms with van der Waals surface area (Å²) >= 11 is 0. The molecule has 0 fully saturated rings. The van der Waals surface area contributed by atoms with Gasteiger partial charge < -0.3 is 10.4 Å². The number of anilines is 1. The monoisotopic (exact) mass is 324 g/mol. The average molecular weight is 324 g/mol. The summed E-state index contributed by atoms with van der Waals surface area (Å²) in [4.78, 5) is 10.9. The van der Waals surface area contributed by atoms with Crippen LogP contribution in [0.1, 0.15) is 5.56 Å². The molecule has 1 unspecified atom stereocenters. The number of hydrogen-bond acceptors (Lipinski definition) is 4. The maximum Gasteiger partial charge on any atom is 0.415 e. The fourth-order valence-electron chi connectivity index (χ4n) is 1.76. The van der Waals surface area contributed by atoms with E-state index >= 15 is 0 Å². The van der Waals surface area contributed by atoms with Gasteiger partial charge in [0.1, 0.15) is 0 Å². The molecule has 3 N–H and O–H groups in total. The maximum atomic E-state index is 12.1. The lowest BCUT2D eigenvalue weighted by atomic mass is 10.2. The Hall–Kier alpha value is -1.65. The summed E-state index contributed by atoms with van der Waals surface area (Å²) in [7, 11) is -4.20. The van der Waals surface area contributed by atoms with Crippen LogP contribution < -0.4 is 10.0 Å². The van der Waals surface area contributed by atoms with E-state index in [9.17, 15) is 26.4 Å². The molecule has 0 bridgehead atoms. The number of alkyl halides is 3. The summed E-state index contributed by atoms with van der Waals surface area (Å²) in [5.41, 5.74) is 0.911. The zero-order valence-corrected chi connectivity index (χ0v) is 11.3. The van der Waals surface area contributed by atoms with E-state index in [1.807, 2.05) is 0 Å². The molecule has 21 heavy (non-hydrogen) atoms. The fraction of sp³-hybridized carbons (Fsp3) is 0.364. The van der Waals surface area contributed by atoms with Gasteiger partial charge in [-0.05, 0) is 23.8 Å². The topological polar surface area (TPSA) is 95.5 Å². The summed E-state index contributed by atoms with van der Waals surface area (Å²) in [6, 6.07) is 3.72. The minimum absolute atomic E-state index is 0.00384. The van der Waals surface area contributed by atoms with Gasteiger partial charge in [-0.25, -0.2) is 13.1 Å². The van der Waals surface area contributed by atoms with E-state index in [1.165, 1.54) is 12.1 Å². The number of carbonyl (C=O) groups excluding carboxylic acids is 1. The quantitative estimate of drug-likeness (QED) is 0.746. The zero-order valence-electron chi connectivity index (χ0n) is 10.4. The Morgan fingerprint density at radius 3 is 2.67 bits per heavy atom. The lowest BCUT2D eigenvalue weighted by Crippen LogP contribution is -2.40. The second kappa shape index (κ2) is 5.28. The van der Waals surface area contributed by atoms with Gasteiger partial charge in [0.15, 0.2) is 6.10 Å². The van der Waals surface area contributed by atoms with Gasteiger partial charge in [0.25, 0.3) is 0 Å². The molecule has 1 aromatic carbocycles. The number of rotatable bonds is 4. The van der Waals surface area contributed by atoms with Crippen LogP contribution in [0.5, 0.6) is 0 Å². The zero-order chi connectivity index (χ0) is 15.8. The maximum absolute atomic E-state index is 12.1. The van der Waals surface area contributed by atoms with Crippen LogP contribution in [0.4, 0.5) is 18.9 Å². The van der Waals surface area contributed by atoms with Crippen molar-refractivity contribution in [3.8, 4) is 0 Å². The Kier molecular flexibility index (Phi) is 3.95. The summed E-state index contributed by atoms with van der Waals surface area (Å²) in [6.07, 6.45) is -7.69. The second-order valence-electron chi connectivity index (χ2n) is 4.45. The lowest BCUT2D eigenvalue weighted by molar-refractivity contribution is -0.200. The van der Waals surface area contributed by atoms with Gasteiger partial charge in [0, 0.05) is 12.2 Å². The first-order valence-corrected chi connectivity index (χ1v) is 7.25. The van der Waals surface area contributed by atoms with Gasteiger partial charge in [-0.2, -0.15) is 13.2 Å². The second-order valence-corrected chi connectivity index (χ2v) is 6.22. The molecule has 116 valence electrons. The van der Waals surface area contributed by atoms with Crippen LogP contribution in [0.25, 0.3) is 0 Å². The summed E-state index contributed by atoms with van der Waals surface area (Å²) in [6.45, 7) is -1.18. The highest BCUT2D eigenvalue weighted by atomic mass is 32.2. The standard InChI is InChI=1S/C11H11F3N2O4S/c12-11(13,14)9(17)5-15-21(19,20)7-1-2-8-6(3-7)4-10(18)16-8/h1-3,9,15,17H,4-5H2,(H,16,18). The number of aliphatic hydroxyl groups excluding tert-OH is 1. The first-order chi connectivity index (χ1) is 9.59. The van der Waals surface area contributed by atoms with Gasteiger partial charge >= 0.3 is 6.18 Å². The third-order valence-corrected chi connectivity index (χ3v) is 4.28. The van der Waals surface area contributed by atoms with E-state index in [0.717, 1.165) is 6.07 Å². The van der Waals surface area contributed by atoms with Crippen molar-refractivity contribution in [3.63, 3.8) is 0 Å². The number of carbonyl (C=O) groups is 1. The minimum Gasteiger partial charge on any atom is -0.382 e. The number of fused-ring (bicyclic) bond motifs is 1. The molecule has 0 saturated heterocycles. The van der Waals surface area contributed by atoms with Crippen LogP contribution in [0.3, 0.4) is 0 Å². The highest BCUT2D eigenvalue weighted by Crippen LogP contribution is 2.26. The number of hydrogen-bond donors (Lipinski definition) is 3. The molecule has 1 aromatic rings. The van der Waals surface area contributed by atoms with E-state index < -0.39 is 28.8 Å². The van der Waals surface area contributed by atoms with E-state index in [0.29, 0.717) is 11.3 Å². The third kappa shape index (κ3) is 3.52. The van der Waals surface area contributed by atoms with Crippen LogP contribution in [-0.4, -0.2) is 38.3 Å². The molecular weight excluding hydrogens is 313 g/mol. The Labute approximate surface area is 118 Å². The molecule has 6 nitrogen and oxygen atoms in total. The molecule has 1 heterocycles. The molecule has 0 aliphatic carbocycles. The number of halogens is 3. The van der Waals surface area contributed by atoms with Crippen LogP contribution >= 0.6 is 0 Å². The van der Waals surface area contributed by atoms with Gasteiger partial charge in [-0.15, -0.1) is 0 Å². The van der Waals surface area contributed by atoms with Crippen LogP contribution in [0, 0.1) is 0 Å². The number of nitrogens with one attached hydrogen (secondary N) is 2. The lowest BCUT2D eigenvalue weighted by Gasteiger charge is -2.15. The van der Waals surface area contributed by atoms with Crippen LogP contribution in [0.2, 0.25) is 0 Å². The largest absolute Gasteiger partial charge is 0.415 e. The molecule has 1 aliphatic heterocycles. The van der Waals surface area contributed by atoms with Crippen molar-refractivity contribution in [2.75, 3.05) is 11.9 Å². The van der Waals surface area contributed by atoms with E-state index in [4.69, 9.17) is 5.11 Å². The van der Waals surface area contributed by atoms with Crippen molar-refractivity contribution in [2.45, 2.75) is 23.6 Å². The van der Waals surface area contributed by atoms with Gasteiger partial charge in [0.2, 0.25) is 15.9 Å². The first-order valence-electron chi connectivity index (χ1n) is 5.77. The van der Waals surface area contributed by atoms with Crippen molar-refractivity contribution in [2.24, 2.45) is 0 Å². The highest BCUT2D eigenvalue weighted by molar-refractivity contribution is 7.89. The summed E-state index contributed by atoms with van der Waals surface area (Å²) in [5, 5.41) is 11.3. The molecular formula is C11H11F3N2O4S. The predicted molar refractivity (Wildman–Crippen MR) is 66.0 cm³/mol. The molecule has 0 aromatic heterocycles. The average Bonchev–Trinajstić information content (AvgIpc) is 2.73. The van der Waals surface area contributed by atoms with Gasteiger partial charge in [-0.3, -0.25) is 4.79 Å². The molecule has 1 amide bonds. The minimum atomic E-state index is -4.91. The SMILES string of the molecule is O=C1Cc2cc(S(=O)(=O)NCC(O)C(F)(F)F)ccc2N1. The number of sulfonamides is 1. The molecule has 1 aliphatic rings. The Bertz CT molecular complexity index is 673. The molecule has 2 rings (SSSR count). The van der Waals surface area contributed by atoms with Gasteiger partial charge in [-0.1, -0.05) is 0 Å². The van der Waals surface area contributed by atoms with Crippen molar-refractivity contribution in [1.29, 1.82) is 0 Å². The summed E-state index contributed by atoms with van der Waals surface area (Å²) < 4.78 is 61.7. The van der Waals surface area contributed by atoms with Crippen molar-refractivity contribution < 1.29 is 31.5 Å². The normalized spacial score (nSPS) is 16.5. The van der Waals surface area contributed by atoms with Crippen LogP contribution in [-0.2, 0) is 21.2 Å². The Morgan fingerprint density at radius 2 is 2.05 bits per heavy atom. The fourth-order valence-corrected chi connectivity index (χ4v) is 2.85. The Morgan fingerprint density at radius 1 is 1.38 bits per heavy atom. The predicted octanol–water partition coefficient (Wildman–Crippen LogP) is 0.383. The molecule has 0 spiro atoms. The molecule has 1 atom stereocenters. The van der Waals surface area contributed by atoms with Crippen molar-refractivity contribution in [1.82, 2.24) is 4.72 Å². The summed E-state index contributed by atoms with van der Waals surface area (Å²) in [5.74, 6) is -0.292. The number of amides is 1. The van der Waals surface area contributed by atoms with E-state index in [-0.39, 0.29) is 17.2 Å². The third-order valence-electron chi connectivity index (χ3n) is 2.86.